The van der Waals surface area contributed by atoms with Gasteiger partial charge in [0.05, 0.1) is 18.5 Å². The summed E-state index contributed by atoms with van der Waals surface area (Å²) >= 11 is 0. The average Bonchev–Trinajstić information content (AvgIpc) is 3.26. The normalized spacial score (nSPS) is 13.6. The largest absolute Gasteiger partial charge is 0.497 e. The van der Waals surface area contributed by atoms with Crippen LogP contribution in [0.3, 0.4) is 0 Å². The van der Waals surface area contributed by atoms with Gasteiger partial charge in [0.15, 0.2) is 0 Å². The molecule has 0 aliphatic carbocycles. The van der Waals surface area contributed by atoms with Crippen LogP contribution in [0.5, 0.6) is 5.75 Å². The van der Waals surface area contributed by atoms with E-state index in [0.29, 0.717) is 35.8 Å². The first kappa shape index (κ1) is 22.6. The summed E-state index contributed by atoms with van der Waals surface area (Å²) in [4.78, 5) is 27.6. The quantitative estimate of drug-likeness (QED) is 0.483. The first-order valence-electron chi connectivity index (χ1n) is 11.4. The fraction of sp³-hybridized carbons (Fsp3) is 0.222. The fourth-order valence-electron chi connectivity index (χ4n) is 4.44. The highest BCUT2D eigenvalue weighted by atomic mass is 16.5. The van der Waals surface area contributed by atoms with Crippen molar-refractivity contribution >= 4 is 11.6 Å². The molecule has 3 heterocycles. The van der Waals surface area contributed by atoms with Gasteiger partial charge < -0.3 is 14.7 Å². The van der Waals surface area contributed by atoms with E-state index < -0.39 is 5.60 Å². The highest BCUT2D eigenvalue weighted by Crippen LogP contribution is 2.33. The topological polar surface area (TPSA) is 89.6 Å². The number of aliphatic hydroxyl groups is 1. The number of hydrogen-bond donors (Lipinski definition) is 1. The number of rotatable bonds is 5. The monoisotopic (exact) mass is 470 g/mol. The maximum Gasteiger partial charge on any atom is 0.277 e. The molecular formula is C27H26N4O4. The molecule has 0 bridgehead atoms. The standard InChI is InChI=1S/C27H26N4O4/c1-27(2,34)25-22-15-17-30(19-9-7-18(8-10-19)29-16-5-4-6-23(29)32)26(33)24(22)31(28-25)20-11-13-21(35-3)14-12-20/h4-14,16,34H,15,17H2,1-3H3. The van der Waals surface area contributed by atoms with Crippen molar-refractivity contribution in [1.82, 2.24) is 14.3 Å². The Bertz CT molecular complexity index is 1440. The smallest absolute Gasteiger partial charge is 0.277 e. The van der Waals surface area contributed by atoms with E-state index in [1.165, 1.54) is 6.07 Å². The molecule has 8 nitrogen and oxygen atoms in total. The molecule has 0 fully saturated rings. The Morgan fingerprint density at radius 1 is 0.914 bits per heavy atom. The Kier molecular flexibility index (Phi) is 5.53. The highest BCUT2D eigenvalue weighted by molar-refractivity contribution is 6.07. The SMILES string of the molecule is COc1ccc(-n2nc(C(C)(C)O)c3c2C(=O)N(c2ccc(-n4ccccc4=O)cc2)CC3)cc1. The summed E-state index contributed by atoms with van der Waals surface area (Å²) in [5.74, 6) is 0.498. The van der Waals surface area contributed by atoms with Gasteiger partial charge in [-0.2, -0.15) is 5.10 Å². The van der Waals surface area contributed by atoms with Crippen LogP contribution in [0, 0.1) is 0 Å². The van der Waals surface area contributed by atoms with Crippen LogP contribution >= 0.6 is 0 Å². The molecule has 8 heteroatoms. The Morgan fingerprint density at radius 3 is 2.20 bits per heavy atom. The number of carbonyl (C=O) groups is 1. The van der Waals surface area contributed by atoms with Gasteiger partial charge in [-0.25, -0.2) is 4.68 Å². The molecule has 178 valence electrons. The Morgan fingerprint density at radius 2 is 1.57 bits per heavy atom. The lowest BCUT2D eigenvalue weighted by molar-refractivity contribution is 0.0725. The van der Waals surface area contributed by atoms with Gasteiger partial charge in [-0.15, -0.1) is 0 Å². The van der Waals surface area contributed by atoms with Crippen molar-refractivity contribution in [3.63, 3.8) is 0 Å². The first-order valence-corrected chi connectivity index (χ1v) is 11.4. The minimum Gasteiger partial charge on any atom is -0.497 e. The molecule has 1 aliphatic heterocycles. The molecule has 1 amide bonds. The third-order valence-electron chi connectivity index (χ3n) is 6.18. The van der Waals surface area contributed by atoms with E-state index in [-0.39, 0.29) is 11.5 Å². The molecule has 2 aromatic heterocycles. The Balaban J connectivity index is 1.55. The van der Waals surface area contributed by atoms with E-state index in [9.17, 15) is 14.7 Å². The zero-order valence-electron chi connectivity index (χ0n) is 19.8. The molecule has 35 heavy (non-hydrogen) atoms. The number of hydrogen-bond acceptors (Lipinski definition) is 5. The molecule has 4 aromatic rings. The van der Waals surface area contributed by atoms with Gasteiger partial charge in [0.1, 0.15) is 17.0 Å². The van der Waals surface area contributed by atoms with Crippen LogP contribution in [0.4, 0.5) is 5.69 Å². The summed E-state index contributed by atoms with van der Waals surface area (Å²) in [5.41, 5.74) is 2.50. The summed E-state index contributed by atoms with van der Waals surface area (Å²) in [6.07, 6.45) is 2.26. The van der Waals surface area contributed by atoms with Gasteiger partial charge in [0.2, 0.25) is 0 Å². The molecule has 2 aromatic carbocycles. The van der Waals surface area contributed by atoms with Crippen LogP contribution in [-0.4, -0.2) is 39.0 Å². The van der Waals surface area contributed by atoms with E-state index in [4.69, 9.17) is 4.74 Å². The van der Waals surface area contributed by atoms with Crippen molar-refractivity contribution in [1.29, 1.82) is 0 Å². The van der Waals surface area contributed by atoms with Crippen LogP contribution in [0.1, 0.15) is 35.6 Å². The maximum atomic E-state index is 13.8. The maximum absolute atomic E-state index is 13.8. The van der Waals surface area contributed by atoms with E-state index in [1.807, 2.05) is 48.5 Å². The van der Waals surface area contributed by atoms with Crippen LogP contribution < -0.4 is 15.2 Å². The number of benzene rings is 2. The van der Waals surface area contributed by atoms with Crippen LogP contribution in [0.2, 0.25) is 0 Å². The van der Waals surface area contributed by atoms with E-state index >= 15 is 0 Å². The molecule has 0 saturated carbocycles. The number of anilines is 1. The second-order valence-electron chi connectivity index (χ2n) is 8.98. The minimum atomic E-state index is -1.20. The van der Waals surface area contributed by atoms with Crippen molar-refractivity contribution in [2.45, 2.75) is 25.9 Å². The second-order valence-corrected chi connectivity index (χ2v) is 8.98. The lowest BCUT2D eigenvalue weighted by atomic mass is 9.94. The van der Waals surface area contributed by atoms with Gasteiger partial charge in [0.25, 0.3) is 11.5 Å². The van der Waals surface area contributed by atoms with E-state index in [1.54, 1.807) is 53.4 Å². The van der Waals surface area contributed by atoms with Gasteiger partial charge in [-0.3, -0.25) is 14.2 Å². The number of ether oxygens (including phenoxy) is 1. The number of amides is 1. The first-order chi connectivity index (χ1) is 16.8. The van der Waals surface area contributed by atoms with Crippen LogP contribution in [-0.2, 0) is 12.0 Å². The third kappa shape index (κ3) is 4.02. The second kappa shape index (κ2) is 8.56. The fourth-order valence-corrected chi connectivity index (χ4v) is 4.44. The van der Waals surface area contributed by atoms with Crippen molar-refractivity contribution in [2.75, 3.05) is 18.6 Å². The zero-order chi connectivity index (χ0) is 24.7. The van der Waals surface area contributed by atoms with Gasteiger partial charge in [-0.1, -0.05) is 6.07 Å². The highest BCUT2D eigenvalue weighted by Gasteiger charge is 2.37. The number of aromatic nitrogens is 3. The molecule has 1 N–H and O–H groups in total. The third-order valence-corrected chi connectivity index (χ3v) is 6.18. The van der Waals surface area contributed by atoms with E-state index in [0.717, 1.165) is 16.9 Å². The zero-order valence-corrected chi connectivity index (χ0v) is 19.8. The molecule has 0 spiro atoms. The summed E-state index contributed by atoms with van der Waals surface area (Å²) < 4.78 is 8.41. The Labute approximate surface area is 202 Å². The minimum absolute atomic E-state index is 0.124. The van der Waals surface area contributed by atoms with Gasteiger partial charge in [0, 0.05) is 35.7 Å². The van der Waals surface area contributed by atoms with Crippen molar-refractivity contribution in [2.24, 2.45) is 0 Å². The number of nitrogens with zero attached hydrogens (tertiary/aromatic N) is 4. The number of pyridine rings is 1. The molecule has 0 atom stereocenters. The van der Waals surface area contributed by atoms with Crippen molar-refractivity contribution in [3.8, 4) is 17.1 Å². The van der Waals surface area contributed by atoms with Gasteiger partial charge in [-0.05, 0) is 74.9 Å². The molecule has 0 unspecified atom stereocenters. The van der Waals surface area contributed by atoms with Crippen molar-refractivity contribution in [3.05, 3.63) is 100 Å². The molecular weight excluding hydrogens is 444 g/mol. The molecule has 1 aliphatic rings. The molecule has 0 radical (unpaired) electrons. The Hall–Kier alpha value is -4.17. The number of carbonyl (C=O) groups excluding carboxylic acids is 1. The predicted octanol–water partition coefficient (Wildman–Crippen LogP) is 3.46. The number of methoxy groups -OCH3 is 1. The van der Waals surface area contributed by atoms with Crippen LogP contribution in [0.25, 0.3) is 11.4 Å². The van der Waals surface area contributed by atoms with Crippen molar-refractivity contribution < 1.29 is 14.6 Å². The molecule has 5 rings (SSSR count). The average molecular weight is 471 g/mol. The summed E-state index contributed by atoms with van der Waals surface area (Å²) in [5, 5.41) is 15.4. The summed E-state index contributed by atoms with van der Waals surface area (Å²) in [7, 11) is 1.60. The lowest BCUT2D eigenvalue weighted by Crippen LogP contribution is -2.39. The van der Waals surface area contributed by atoms with Gasteiger partial charge >= 0.3 is 0 Å². The summed E-state index contributed by atoms with van der Waals surface area (Å²) in [6.45, 7) is 3.80. The number of fused-ring (bicyclic) bond motifs is 1. The molecule has 0 saturated heterocycles. The van der Waals surface area contributed by atoms with E-state index in [2.05, 4.69) is 5.10 Å². The lowest BCUT2D eigenvalue weighted by Gasteiger charge is -2.28. The predicted molar refractivity (Wildman–Crippen MR) is 133 cm³/mol. The van der Waals surface area contributed by atoms with Crippen LogP contribution in [0.15, 0.2) is 77.7 Å². The summed E-state index contributed by atoms with van der Waals surface area (Å²) in [6, 6.07) is 19.6.